The second-order valence-corrected chi connectivity index (χ2v) is 8.87. The molecule has 2 amide bonds. The molecule has 0 bridgehead atoms. The van der Waals surface area contributed by atoms with Crippen molar-refractivity contribution in [3.05, 3.63) is 12.2 Å². The first-order valence-corrected chi connectivity index (χ1v) is 12.3. The highest BCUT2D eigenvalue weighted by Gasteiger charge is 2.45. The summed E-state index contributed by atoms with van der Waals surface area (Å²) >= 11 is 0. The molecule has 0 unspecified atom stereocenters. The van der Waals surface area contributed by atoms with Crippen LogP contribution in [0.2, 0.25) is 0 Å². The van der Waals surface area contributed by atoms with Crippen LogP contribution in [0.4, 0.5) is 0 Å². The molecule has 3 heterocycles. The molecule has 178 valence electrons. The van der Waals surface area contributed by atoms with E-state index in [1.807, 2.05) is 12.2 Å². The highest BCUT2D eigenvalue weighted by atomic mass is 16.2. The summed E-state index contributed by atoms with van der Waals surface area (Å²) in [6, 6.07) is 0. The number of unbranched alkanes of at least 4 members (excludes halogenated alkanes) is 8. The Labute approximate surface area is 191 Å². The van der Waals surface area contributed by atoms with Crippen LogP contribution >= 0.6 is 0 Å². The molecule has 0 saturated carbocycles. The molecule has 0 aromatic carbocycles. The van der Waals surface area contributed by atoms with E-state index in [0.29, 0.717) is 25.9 Å². The van der Waals surface area contributed by atoms with Gasteiger partial charge in [-0.1, -0.05) is 57.9 Å². The van der Waals surface area contributed by atoms with Crippen molar-refractivity contribution in [3.63, 3.8) is 0 Å². The van der Waals surface area contributed by atoms with Gasteiger partial charge in [0.15, 0.2) is 0 Å². The van der Waals surface area contributed by atoms with Crippen LogP contribution in [0.5, 0.6) is 0 Å². The van der Waals surface area contributed by atoms with Crippen molar-refractivity contribution in [2.45, 2.75) is 96.2 Å². The van der Waals surface area contributed by atoms with E-state index >= 15 is 0 Å². The molecular formula is C23H39N7O2. The molecule has 9 heteroatoms. The molecule has 3 aliphatic heterocycles. The number of nitrogens with two attached hydrogens (primary N) is 2. The largest absolute Gasteiger partial charge is 0.368 e. The Morgan fingerprint density at radius 1 is 0.875 bits per heavy atom. The molecular weight excluding hydrogens is 406 g/mol. The second-order valence-electron chi connectivity index (χ2n) is 8.87. The fourth-order valence-electron chi connectivity index (χ4n) is 4.59. The Bertz CT molecular complexity index is 741. The van der Waals surface area contributed by atoms with Gasteiger partial charge in [-0.2, -0.15) is 15.0 Å². The average molecular weight is 446 g/mol. The summed E-state index contributed by atoms with van der Waals surface area (Å²) in [6.07, 6.45) is 17.3. The van der Waals surface area contributed by atoms with Crippen molar-refractivity contribution in [2.75, 3.05) is 13.1 Å². The van der Waals surface area contributed by atoms with Gasteiger partial charge in [0.2, 0.25) is 23.7 Å². The Hall–Kier alpha value is -2.58. The normalized spacial score (nSPS) is 21.1. The van der Waals surface area contributed by atoms with Crippen molar-refractivity contribution < 1.29 is 9.59 Å². The lowest BCUT2D eigenvalue weighted by molar-refractivity contribution is -0.135. The molecule has 0 spiro atoms. The Morgan fingerprint density at radius 2 is 1.47 bits per heavy atom. The van der Waals surface area contributed by atoms with Crippen molar-refractivity contribution in [1.29, 1.82) is 0 Å². The van der Waals surface area contributed by atoms with Crippen LogP contribution in [0.1, 0.15) is 90.4 Å². The molecule has 3 rings (SSSR count). The summed E-state index contributed by atoms with van der Waals surface area (Å²) in [4.78, 5) is 35.6. The van der Waals surface area contributed by atoms with E-state index in [4.69, 9.17) is 11.5 Å². The van der Waals surface area contributed by atoms with Gasteiger partial charge in [-0.05, 0) is 31.8 Å². The molecule has 9 nitrogen and oxygen atoms in total. The van der Waals surface area contributed by atoms with Gasteiger partial charge >= 0.3 is 0 Å². The summed E-state index contributed by atoms with van der Waals surface area (Å²) < 4.78 is 0. The minimum Gasteiger partial charge on any atom is -0.368 e. The third kappa shape index (κ3) is 5.61. The first-order chi connectivity index (χ1) is 15.5. The first kappa shape index (κ1) is 24.1. The minimum absolute atomic E-state index is 0.0134. The number of allylic oxidation sites excluding steroid dienone is 1. The average Bonchev–Trinajstić information content (AvgIpc) is 3.37. The predicted octanol–water partition coefficient (Wildman–Crippen LogP) is 2.83. The van der Waals surface area contributed by atoms with Crippen LogP contribution in [0.15, 0.2) is 22.1 Å². The van der Waals surface area contributed by atoms with E-state index in [9.17, 15) is 9.59 Å². The number of amides is 2. The lowest BCUT2D eigenvalue weighted by Gasteiger charge is -2.40. The number of hydrogen-bond acceptors (Lipinski definition) is 7. The molecule has 0 aromatic heterocycles. The van der Waals surface area contributed by atoms with Crippen LogP contribution in [0.25, 0.3) is 0 Å². The van der Waals surface area contributed by atoms with Gasteiger partial charge in [-0.3, -0.25) is 14.5 Å². The van der Waals surface area contributed by atoms with Gasteiger partial charge in [-0.15, -0.1) is 0 Å². The molecule has 32 heavy (non-hydrogen) atoms. The number of carbonyl (C=O) groups excluding carboxylic acids is 2. The summed E-state index contributed by atoms with van der Waals surface area (Å²) in [7, 11) is 0. The van der Waals surface area contributed by atoms with E-state index in [1.54, 1.807) is 4.90 Å². The zero-order valence-corrected chi connectivity index (χ0v) is 19.5. The molecule has 0 atom stereocenters. The van der Waals surface area contributed by atoms with E-state index in [2.05, 4.69) is 16.9 Å². The molecule has 2 fully saturated rings. The molecule has 0 radical (unpaired) electrons. The number of rotatable bonds is 12. The molecule has 0 aliphatic carbocycles. The fraction of sp³-hybridized carbons (Fsp3) is 0.739. The van der Waals surface area contributed by atoms with Crippen LogP contribution in [-0.2, 0) is 9.59 Å². The monoisotopic (exact) mass is 445 g/mol. The van der Waals surface area contributed by atoms with Crippen molar-refractivity contribution in [2.24, 2.45) is 21.5 Å². The third-order valence-electron chi connectivity index (χ3n) is 6.32. The molecule has 4 N–H and O–H groups in total. The lowest BCUT2D eigenvalue weighted by atomic mass is 10.1. The number of hydrogen-bond donors (Lipinski definition) is 2. The van der Waals surface area contributed by atoms with Gasteiger partial charge in [0, 0.05) is 25.9 Å². The van der Waals surface area contributed by atoms with Gasteiger partial charge in [0.25, 0.3) is 5.79 Å². The summed E-state index contributed by atoms with van der Waals surface area (Å²) in [5.41, 5.74) is 12.5. The van der Waals surface area contributed by atoms with Crippen LogP contribution < -0.4 is 11.5 Å². The summed E-state index contributed by atoms with van der Waals surface area (Å²) in [6.45, 7) is 3.31. The maximum atomic E-state index is 12.6. The number of guanidine groups is 2. The van der Waals surface area contributed by atoms with Crippen LogP contribution in [0, 0.1) is 0 Å². The zero-order valence-electron chi connectivity index (χ0n) is 19.5. The Balaban J connectivity index is 1.64. The minimum atomic E-state index is -1.26. The van der Waals surface area contributed by atoms with Crippen molar-refractivity contribution >= 4 is 23.7 Å². The van der Waals surface area contributed by atoms with Crippen molar-refractivity contribution in [1.82, 2.24) is 14.9 Å². The van der Waals surface area contributed by atoms with Gasteiger partial charge in [-0.25, -0.2) is 5.01 Å². The number of carbonyl (C=O) groups is 2. The maximum Gasteiger partial charge on any atom is 0.256 e. The molecule has 0 aromatic rings. The number of hydrazine groups is 1. The second kappa shape index (κ2) is 11.3. The van der Waals surface area contributed by atoms with E-state index in [1.165, 1.54) is 55.0 Å². The van der Waals surface area contributed by atoms with Gasteiger partial charge < -0.3 is 11.5 Å². The van der Waals surface area contributed by atoms with Crippen molar-refractivity contribution in [3.8, 4) is 0 Å². The van der Waals surface area contributed by atoms with E-state index in [0.717, 1.165) is 25.7 Å². The zero-order chi connectivity index (χ0) is 23.0. The fourth-order valence-corrected chi connectivity index (χ4v) is 4.59. The third-order valence-corrected chi connectivity index (χ3v) is 6.32. The number of likely N-dealkylation sites (tertiary alicyclic amines) is 1. The Kier molecular flexibility index (Phi) is 8.53. The standard InChI is InChI=1S/C23H39N7O2/c1-2-3-4-5-6-7-8-9-10-11-16-23(28-17-12-14-19(28)31)26-21(24)30(22(25)27-23)29-18-13-15-20(29)32/h11,16H,2-10,12-15,17-18H2,1H3,(H2,24,26)(H2,25,27)/b16-11+. The van der Waals surface area contributed by atoms with E-state index < -0.39 is 5.79 Å². The van der Waals surface area contributed by atoms with Crippen LogP contribution in [-0.4, -0.2) is 57.5 Å². The smallest absolute Gasteiger partial charge is 0.256 e. The quantitative estimate of drug-likeness (QED) is 0.353. The highest BCUT2D eigenvalue weighted by molar-refractivity contribution is 6.01. The summed E-state index contributed by atoms with van der Waals surface area (Å²) in [5.74, 6) is -1.16. The number of nitrogens with zero attached hydrogens (tertiary/aromatic N) is 5. The maximum absolute atomic E-state index is 12.6. The number of aliphatic imine (C=N–C) groups is 2. The van der Waals surface area contributed by atoms with E-state index in [-0.39, 0.29) is 23.7 Å². The van der Waals surface area contributed by atoms with Crippen LogP contribution in [0.3, 0.4) is 0 Å². The topological polar surface area (TPSA) is 121 Å². The highest BCUT2D eigenvalue weighted by Crippen LogP contribution is 2.31. The predicted molar refractivity (Wildman–Crippen MR) is 126 cm³/mol. The molecule has 2 saturated heterocycles. The first-order valence-electron chi connectivity index (χ1n) is 12.3. The summed E-state index contributed by atoms with van der Waals surface area (Å²) in [5, 5.41) is 2.86. The lowest BCUT2D eigenvalue weighted by Crippen LogP contribution is -2.62. The molecule has 3 aliphatic rings. The van der Waals surface area contributed by atoms with Gasteiger partial charge in [0.05, 0.1) is 0 Å². The Morgan fingerprint density at radius 3 is 2.03 bits per heavy atom. The SMILES string of the molecule is CCCCCCCCCC/C=C/C1(N2CCCC2=O)N=C(N)N(N2CCCC2=O)C(N)=N1. The van der Waals surface area contributed by atoms with Gasteiger partial charge in [0.1, 0.15) is 0 Å².